The van der Waals surface area contributed by atoms with Crippen molar-refractivity contribution in [3.05, 3.63) is 35.9 Å². The van der Waals surface area contributed by atoms with Gasteiger partial charge >= 0.3 is 6.03 Å². The first kappa shape index (κ1) is 10.0. The lowest BCUT2D eigenvalue weighted by atomic mass is 10.2. The predicted octanol–water partition coefficient (Wildman–Crippen LogP) is 1.99. The summed E-state index contributed by atoms with van der Waals surface area (Å²) < 4.78 is 0. The van der Waals surface area contributed by atoms with Crippen LogP contribution in [-0.2, 0) is 6.54 Å². The Morgan fingerprint density at radius 2 is 2.07 bits per heavy atom. The highest BCUT2D eigenvalue weighted by molar-refractivity contribution is 5.74. The highest BCUT2D eigenvalue weighted by Crippen LogP contribution is 2.28. The van der Waals surface area contributed by atoms with Gasteiger partial charge in [0.05, 0.1) is 0 Å². The van der Waals surface area contributed by atoms with Gasteiger partial charge in [-0.2, -0.15) is 0 Å². The molecule has 0 atom stereocenters. The number of rotatable bonds is 3. The molecule has 0 heterocycles. The van der Waals surface area contributed by atoms with E-state index in [1.165, 1.54) is 5.56 Å². The van der Waals surface area contributed by atoms with E-state index >= 15 is 0 Å². The number of urea groups is 1. The number of benzene rings is 1. The summed E-state index contributed by atoms with van der Waals surface area (Å²) in [6, 6.07) is 10.6. The monoisotopic (exact) mass is 204 g/mol. The lowest BCUT2D eigenvalue weighted by Gasteiger charge is -2.21. The molecule has 0 radical (unpaired) electrons. The average molecular weight is 204 g/mol. The SMILES string of the molecule is CNC(=O)N(Cc1ccccc1)C1CC1. The van der Waals surface area contributed by atoms with Crippen LogP contribution >= 0.6 is 0 Å². The van der Waals surface area contributed by atoms with Crippen molar-refractivity contribution in [3.8, 4) is 0 Å². The van der Waals surface area contributed by atoms with Crippen LogP contribution in [0, 0.1) is 0 Å². The topological polar surface area (TPSA) is 32.3 Å². The molecule has 0 saturated heterocycles. The Kier molecular flexibility index (Phi) is 2.90. The molecule has 1 saturated carbocycles. The van der Waals surface area contributed by atoms with Crippen molar-refractivity contribution in [1.82, 2.24) is 10.2 Å². The van der Waals surface area contributed by atoms with E-state index in [2.05, 4.69) is 17.4 Å². The summed E-state index contributed by atoms with van der Waals surface area (Å²) in [5.41, 5.74) is 1.19. The van der Waals surface area contributed by atoms with Crippen LogP contribution in [0.2, 0.25) is 0 Å². The quantitative estimate of drug-likeness (QED) is 0.802. The smallest absolute Gasteiger partial charge is 0.317 e. The molecule has 3 nitrogen and oxygen atoms in total. The molecule has 2 rings (SSSR count). The molecule has 1 aliphatic rings. The molecule has 1 aliphatic carbocycles. The van der Waals surface area contributed by atoms with Crippen molar-refractivity contribution in [2.24, 2.45) is 0 Å². The molecular formula is C12H16N2O. The Bertz CT molecular complexity index is 333. The van der Waals surface area contributed by atoms with Gasteiger partial charge in [0.1, 0.15) is 0 Å². The molecule has 1 N–H and O–H groups in total. The van der Waals surface area contributed by atoms with Gasteiger partial charge in [0.15, 0.2) is 0 Å². The van der Waals surface area contributed by atoms with Gasteiger partial charge in [-0.05, 0) is 18.4 Å². The first-order valence-corrected chi connectivity index (χ1v) is 5.33. The van der Waals surface area contributed by atoms with Crippen LogP contribution in [-0.4, -0.2) is 24.0 Å². The average Bonchev–Trinajstić information content (AvgIpc) is 3.10. The summed E-state index contributed by atoms with van der Waals surface area (Å²) in [6.45, 7) is 0.713. The molecule has 1 fully saturated rings. The minimum atomic E-state index is 0.0290. The van der Waals surface area contributed by atoms with Crippen molar-refractivity contribution in [2.45, 2.75) is 25.4 Å². The van der Waals surface area contributed by atoms with Gasteiger partial charge in [-0.15, -0.1) is 0 Å². The number of carbonyl (C=O) groups is 1. The molecule has 0 unspecified atom stereocenters. The van der Waals surface area contributed by atoms with Gasteiger partial charge in [0, 0.05) is 19.6 Å². The van der Waals surface area contributed by atoms with Crippen LogP contribution in [0.15, 0.2) is 30.3 Å². The van der Waals surface area contributed by atoms with Crippen molar-refractivity contribution in [1.29, 1.82) is 0 Å². The van der Waals surface area contributed by atoms with Crippen LogP contribution < -0.4 is 5.32 Å². The van der Waals surface area contributed by atoms with E-state index in [9.17, 15) is 4.79 Å². The van der Waals surface area contributed by atoms with E-state index < -0.39 is 0 Å². The van der Waals surface area contributed by atoms with Gasteiger partial charge in [-0.3, -0.25) is 0 Å². The second-order valence-corrected chi connectivity index (χ2v) is 3.90. The van der Waals surface area contributed by atoms with Crippen molar-refractivity contribution in [3.63, 3.8) is 0 Å². The third-order valence-corrected chi connectivity index (χ3v) is 2.66. The summed E-state index contributed by atoms with van der Waals surface area (Å²) in [4.78, 5) is 13.5. The Morgan fingerprint density at radius 1 is 1.40 bits per heavy atom. The predicted molar refractivity (Wildman–Crippen MR) is 59.5 cm³/mol. The first-order valence-electron chi connectivity index (χ1n) is 5.33. The Labute approximate surface area is 90.1 Å². The number of nitrogens with zero attached hydrogens (tertiary/aromatic N) is 1. The van der Waals surface area contributed by atoms with Gasteiger partial charge in [0.2, 0.25) is 0 Å². The van der Waals surface area contributed by atoms with E-state index in [0.717, 1.165) is 12.8 Å². The van der Waals surface area contributed by atoms with Crippen LogP contribution in [0.1, 0.15) is 18.4 Å². The maximum absolute atomic E-state index is 11.6. The normalized spacial score (nSPS) is 14.7. The van der Waals surface area contributed by atoms with E-state index in [0.29, 0.717) is 12.6 Å². The molecule has 1 aromatic carbocycles. The van der Waals surface area contributed by atoms with E-state index in [-0.39, 0.29) is 6.03 Å². The zero-order chi connectivity index (χ0) is 10.7. The highest BCUT2D eigenvalue weighted by atomic mass is 16.2. The van der Waals surface area contributed by atoms with E-state index in [4.69, 9.17) is 0 Å². The Balaban J connectivity index is 2.04. The molecule has 3 heteroatoms. The minimum Gasteiger partial charge on any atom is -0.341 e. The number of carbonyl (C=O) groups excluding carboxylic acids is 1. The zero-order valence-corrected chi connectivity index (χ0v) is 8.94. The zero-order valence-electron chi connectivity index (χ0n) is 8.94. The molecule has 2 amide bonds. The fourth-order valence-corrected chi connectivity index (χ4v) is 1.68. The van der Waals surface area contributed by atoms with Crippen molar-refractivity contribution in [2.75, 3.05) is 7.05 Å². The number of nitrogens with one attached hydrogen (secondary N) is 1. The molecular weight excluding hydrogens is 188 g/mol. The summed E-state index contributed by atoms with van der Waals surface area (Å²) in [5.74, 6) is 0. The molecule has 0 aliphatic heterocycles. The largest absolute Gasteiger partial charge is 0.341 e. The Morgan fingerprint density at radius 3 is 2.60 bits per heavy atom. The second-order valence-electron chi connectivity index (χ2n) is 3.90. The van der Waals surface area contributed by atoms with Gasteiger partial charge in [0.25, 0.3) is 0 Å². The van der Waals surface area contributed by atoms with Crippen LogP contribution in [0.25, 0.3) is 0 Å². The van der Waals surface area contributed by atoms with Crippen LogP contribution in [0.4, 0.5) is 4.79 Å². The summed E-state index contributed by atoms with van der Waals surface area (Å²) in [5, 5.41) is 2.69. The highest BCUT2D eigenvalue weighted by Gasteiger charge is 2.31. The molecule has 0 bridgehead atoms. The van der Waals surface area contributed by atoms with Crippen molar-refractivity contribution >= 4 is 6.03 Å². The third-order valence-electron chi connectivity index (χ3n) is 2.66. The number of amides is 2. The second kappa shape index (κ2) is 4.34. The fraction of sp³-hybridized carbons (Fsp3) is 0.417. The van der Waals surface area contributed by atoms with Crippen LogP contribution in [0.3, 0.4) is 0 Å². The van der Waals surface area contributed by atoms with Crippen LogP contribution in [0.5, 0.6) is 0 Å². The number of hydrogen-bond donors (Lipinski definition) is 1. The molecule has 1 aromatic rings. The summed E-state index contributed by atoms with van der Waals surface area (Å²) >= 11 is 0. The fourth-order valence-electron chi connectivity index (χ4n) is 1.68. The number of hydrogen-bond acceptors (Lipinski definition) is 1. The maximum atomic E-state index is 11.6. The molecule has 15 heavy (non-hydrogen) atoms. The minimum absolute atomic E-state index is 0.0290. The molecule has 0 spiro atoms. The third kappa shape index (κ3) is 2.49. The maximum Gasteiger partial charge on any atom is 0.317 e. The van der Waals surface area contributed by atoms with Gasteiger partial charge in [-0.25, -0.2) is 4.79 Å². The summed E-state index contributed by atoms with van der Waals surface area (Å²) in [7, 11) is 1.68. The molecule has 80 valence electrons. The van der Waals surface area contributed by atoms with E-state index in [1.807, 2.05) is 23.1 Å². The van der Waals surface area contributed by atoms with Gasteiger partial charge < -0.3 is 10.2 Å². The first-order chi connectivity index (χ1) is 7.31. The molecule has 0 aromatic heterocycles. The van der Waals surface area contributed by atoms with Crippen molar-refractivity contribution < 1.29 is 4.79 Å². The summed E-state index contributed by atoms with van der Waals surface area (Å²) in [6.07, 6.45) is 2.28. The lowest BCUT2D eigenvalue weighted by Crippen LogP contribution is -2.39. The van der Waals surface area contributed by atoms with Gasteiger partial charge in [-0.1, -0.05) is 30.3 Å². The standard InChI is InChI=1S/C12H16N2O/c1-13-12(15)14(11-7-8-11)9-10-5-3-2-4-6-10/h2-6,11H,7-9H2,1H3,(H,13,15). The van der Waals surface area contributed by atoms with E-state index in [1.54, 1.807) is 7.05 Å². The Hall–Kier alpha value is -1.51. The lowest BCUT2D eigenvalue weighted by molar-refractivity contribution is 0.194.